The van der Waals surface area contributed by atoms with Crippen LogP contribution >= 0.6 is 7.82 Å². The number of rotatable bonds is 0. The SMILES string of the molecule is O=P([O-])([O-])[O-].[Li+].[Sc+3]. The van der Waals surface area contributed by atoms with Crippen molar-refractivity contribution in [2.75, 3.05) is 0 Å². The van der Waals surface area contributed by atoms with Gasteiger partial charge in [-0.05, 0) is 0 Å². The first kappa shape index (κ1) is 15.8. The Kier molecular flexibility index (Phi) is 12.9. The van der Waals surface area contributed by atoms with Crippen LogP contribution in [0.4, 0.5) is 0 Å². The molecule has 0 saturated carbocycles. The zero-order valence-corrected chi connectivity index (χ0v) is 6.36. The van der Waals surface area contributed by atoms with Crippen LogP contribution in [0.25, 0.3) is 0 Å². The van der Waals surface area contributed by atoms with E-state index < -0.39 is 7.82 Å². The second-order valence-electron chi connectivity index (χ2n) is 0.447. The molecule has 0 radical (unpaired) electrons. The Morgan fingerprint density at radius 2 is 1.14 bits per heavy atom. The summed E-state index contributed by atoms with van der Waals surface area (Å²) in [4.78, 5) is 25.6. The molecule has 0 bridgehead atoms. The molecule has 0 aromatic heterocycles. The monoisotopic (exact) mass is 147 g/mol. The molecule has 0 amide bonds. The zero-order chi connectivity index (χ0) is 4.50. The molecule has 0 saturated heterocycles. The van der Waals surface area contributed by atoms with Gasteiger partial charge >= 0.3 is 44.7 Å². The van der Waals surface area contributed by atoms with E-state index in [0.717, 1.165) is 0 Å². The van der Waals surface area contributed by atoms with E-state index in [1.807, 2.05) is 0 Å². The van der Waals surface area contributed by atoms with Crippen LogP contribution < -0.4 is 33.5 Å². The molecule has 0 aromatic carbocycles. The number of phosphoric acid groups is 1. The van der Waals surface area contributed by atoms with E-state index in [4.69, 9.17) is 19.2 Å². The van der Waals surface area contributed by atoms with E-state index in [1.54, 1.807) is 0 Å². The summed E-state index contributed by atoms with van der Waals surface area (Å²) in [6.45, 7) is 0. The first-order valence-corrected chi connectivity index (χ1v) is 2.19. The molecule has 0 N–H and O–H groups in total. The van der Waals surface area contributed by atoms with Crippen molar-refractivity contribution in [2.45, 2.75) is 0 Å². The van der Waals surface area contributed by atoms with Gasteiger partial charge in [-0.25, -0.2) is 0 Å². The second kappa shape index (κ2) is 5.71. The molecular weight excluding hydrogens is 147 g/mol. The van der Waals surface area contributed by atoms with Crippen molar-refractivity contribution >= 4 is 7.82 Å². The fraction of sp³-hybridized carbons (Fsp3) is 0. The largest absolute Gasteiger partial charge is 3.00 e. The van der Waals surface area contributed by atoms with Crippen molar-refractivity contribution < 1.29 is 63.9 Å². The van der Waals surface area contributed by atoms with Gasteiger partial charge in [-0.2, -0.15) is 7.82 Å². The Bertz CT molecular complexity index is 57.8. The normalized spacial score (nSPS) is 8.43. The molecule has 7 heavy (non-hydrogen) atoms. The van der Waals surface area contributed by atoms with E-state index in [2.05, 4.69) is 0 Å². The third-order valence-corrected chi connectivity index (χ3v) is 0. The maximum atomic E-state index is 8.55. The summed E-state index contributed by atoms with van der Waals surface area (Å²) >= 11 is 0. The molecule has 0 aliphatic heterocycles. The molecule has 0 heterocycles. The summed E-state index contributed by atoms with van der Waals surface area (Å²) in [6.07, 6.45) is 0. The zero-order valence-electron chi connectivity index (χ0n) is 3.66. The minimum absolute atomic E-state index is 0. The van der Waals surface area contributed by atoms with Gasteiger partial charge in [0.1, 0.15) is 0 Å². The van der Waals surface area contributed by atoms with E-state index in [9.17, 15) is 0 Å². The van der Waals surface area contributed by atoms with Crippen molar-refractivity contribution in [2.24, 2.45) is 0 Å². The van der Waals surface area contributed by atoms with E-state index >= 15 is 0 Å². The van der Waals surface area contributed by atoms with Gasteiger partial charge in [-0.3, -0.25) is 0 Å². The molecule has 0 rings (SSSR count). The van der Waals surface area contributed by atoms with Gasteiger partial charge in [-0.15, -0.1) is 0 Å². The molecule has 0 fully saturated rings. The van der Waals surface area contributed by atoms with Gasteiger partial charge < -0.3 is 19.2 Å². The third kappa shape index (κ3) is 94.7. The van der Waals surface area contributed by atoms with E-state index in [0.29, 0.717) is 0 Å². The van der Waals surface area contributed by atoms with Crippen molar-refractivity contribution in [3.05, 3.63) is 0 Å². The van der Waals surface area contributed by atoms with Crippen molar-refractivity contribution in [3.8, 4) is 0 Å². The molecule has 4 nitrogen and oxygen atoms in total. The van der Waals surface area contributed by atoms with Crippen LogP contribution in [0.2, 0.25) is 0 Å². The summed E-state index contributed by atoms with van der Waals surface area (Å²) in [5, 5.41) is 0. The first-order valence-electron chi connectivity index (χ1n) is 0.730. The Morgan fingerprint density at radius 3 is 1.14 bits per heavy atom. The van der Waals surface area contributed by atoms with Crippen molar-refractivity contribution in [1.29, 1.82) is 0 Å². The van der Waals surface area contributed by atoms with Crippen LogP contribution in [0.1, 0.15) is 0 Å². The summed E-state index contributed by atoms with van der Waals surface area (Å²) in [6, 6.07) is 0. The fourth-order valence-corrected chi connectivity index (χ4v) is 0. The molecule has 0 atom stereocenters. The molecule has 0 aliphatic rings. The Labute approximate surface area is 71.5 Å². The van der Waals surface area contributed by atoms with Gasteiger partial charge in [0.05, 0.1) is 0 Å². The summed E-state index contributed by atoms with van der Waals surface area (Å²) in [5.41, 5.74) is 0. The van der Waals surface area contributed by atoms with Gasteiger partial charge in [0.25, 0.3) is 0 Å². The van der Waals surface area contributed by atoms with Gasteiger partial charge in [0.15, 0.2) is 0 Å². The van der Waals surface area contributed by atoms with Crippen LogP contribution in [0.5, 0.6) is 0 Å². The maximum absolute atomic E-state index is 8.55. The van der Waals surface area contributed by atoms with E-state index in [1.165, 1.54) is 0 Å². The molecule has 0 aromatic rings. The minimum Gasteiger partial charge on any atom is -0.822 e. The van der Waals surface area contributed by atoms with Gasteiger partial charge in [0.2, 0.25) is 0 Å². The molecular formula is LiO4PSc+. The van der Waals surface area contributed by atoms with Gasteiger partial charge in [0, 0.05) is 0 Å². The Hall–Kier alpha value is 1.58. The molecule has 0 spiro atoms. The van der Waals surface area contributed by atoms with Crippen LogP contribution in [-0.4, -0.2) is 0 Å². The van der Waals surface area contributed by atoms with Crippen molar-refractivity contribution in [3.63, 3.8) is 0 Å². The summed E-state index contributed by atoms with van der Waals surface area (Å²) in [5.74, 6) is 0. The van der Waals surface area contributed by atoms with E-state index in [-0.39, 0.29) is 44.7 Å². The number of hydrogen-bond donors (Lipinski definition) is 0. The van der Waals surface area contributed by atoms with Gasteiger partial charge in [-0.1, -0.05) is 0 Å². The number of hydrogen-bond acceptors (Lipinski definition) is 4. The van der Waals surface area contributed by atoms with Crippen LogP contribution in [-0.2, 0) is 30.4 Å². The quantitative estimate of drug-likeness (QED) is 0.252. The second-order valence-corrected chi connectivity index (χ2v) is 1.34. The topological polar surface area (TPSA) is 86.2 Å². The van der Waals surface area contributed by atoms with Crippen LogP contribution in [0, 0.1) is 0 Å². The standard InChI is InChI=1S/Li.H3O4P.Sc/c;1-5(2,3)4;/h;(H3,1,2,3,4);/q+1;;+3/p-3. The maximum Gasteiger partial charge on any atom is 3.00 e. The molecule has 0 unspecified atom stereocenters. The minimum atomic E-state index is -5.39. The third-order valence-electron chi connectivity index (χ3n) is 0. The van der Waals surface area contributed by atoms with Crippen LogP contribution in [0.3, 0.4) is 0 Å². The Morgan fingerprint density at radius 1 is 1.14 bits per heavy atom. The first-order chi connectivity index (χ1) is 2.00. The fourth-order valence-electron chi connectivity index (χ4n) is 0. The average molecular weight is 147 g/mol. The van der Waals surface area contributed by atoms with Crippen molar-refractivity contribution in [1.82, 2.24) is 0 Å². The van der Waals surface area contributed by atoms with Crippen LogP contribution in [0.15, 0.2) is 0 Å². The molecule has 32 valence electrons. The predicted molar refractivity (Wildman–Crippen MR) is 7.61 cm³/mol. The summed E-state index contributed by atoms with van der Waals surface area (Å²) < 4.78 is 8.55. The average Bonchev–Trinajstić information content (AvgIpc) is 0.722. The smallest absolute Gasteiger partial charge is 0.822 e. The Balaban J connectivity index is -0.0000000800. The predicted octanol–water partition coefficient (Wildman–Crippen LogP) is -5.82. The summed E-state index contributed by atoms with van der Waals surface area (Å²) in [7, 11) is -5.39. The molecule has 0 aliphatic carbocycles. The molecule has 7 heteroatoms.